The summed E-state index contributed by atoms with van der Waals surface area (Å²) in [6.07, 6.45) is 4.97. The SMILES string of the molecule is COc1c(C2CCNC2)ccc2c1CCC2. The van der Waals surface area contributed by atoms with E-state index >= 15 is 0 Å². The summed E-state index contributed by atoms with van der Waals surface area (Å²) in [6, 6.07) is 4.61. The Kier molecular flexibility index (Phi) is 2.60. The molecule has 2 heteroatoms. The molecule has 2 aliphatic rings. The van der Waals surface area contributed by atoms with E-state index in [9.17, 15) is 0 Å². The van der Waals surface area contributed by atoms with E-state index < -0.39 is 0 Å². The molecule has 1 aromatic rings. The second kappa shape index (κ2) is 4.10. The predicted molar refractivity (Wildman–Crippen MR) is 65.2 cm³/mol. The van der Waals surface area contributed by atoms with Gasteiger partial charge in [0, 0.05) is 12.5 Å². The Labute approximate surface area is 97.0 Å². The second-order valence-electron chi connectivity index (χ2n) is 4.87. The van der Waals surface area contributed by atoms with Gasteiger partial charge >= 0.3 is 0 Å². The highest BCUT2D eigenvalue weighted by Crippen LogP contribution is 2.38. The van der Waals surface area contributed by atoms with Crippen molar-refractivity contribution in [3.8, 4) is 5.75 Å². The zero-order chi connectivity index (χ0) is 11.0. The fourth-order valence-electron chi connectivity index (χ4n) is 3.13. The third-order valence-corrected chi connectivity index (χ3v) is 3.97. The lowest BCUT2D eigenvalue weighted by molar-refractivity contribution is 0.402. The molecular weight excluding hydrogens is 198 g/mol. The van der Waals surface area contributed by atoms with Gasteiger partial charge in [-0.2, -0.15) is 0 Å². The lowest BCUT2D eigenvalue weighted by Crippen LogP contribution is -2.09. The standard InChI is InChI=1S/C14H19NO/c1-16-14-12-4-2-3-10(12)5-6-13(14)11-7-8-15-9-11/h5-6,11,15H,2-4,7-9H2,1H3. The first kappa shape index (κ1) is 10.2. The van der Waals surface area contributed by atoms with Crippen LogP contribution < -0.4 is 10.1 Å². The molecule has 1 unspecified atom stereocenters. The Balaban J connectivity index is 2.04. The van der Waals surface area contributed by atoms with Gasteiger partial charge < -0.3 is 10.1 Å². The molecule has 0 amide bonds. The molecule has 0 bridgehead atoms. The van der Waals surface area contributed by atoms with Crippen LogP contribution in [0, 0.1) is 0 Å². The molecule has 1 aromatic carbocycles. The van der Waals surface area contributed by atoms with Crippen LogP contribution in [0.1, 0.15) is 35.4 Å². The first-order chi connectivity index (χ1) is 7.90. The van der Waals surface area contributed by atoms with E-state index in [0.29, 0.717) is 5.92 Å². The molecule has 2 nitrogen and oxygen atoms in total. The summed E-state index contributed by atoms with van der Waals surface area (Å²) in [5, 5.41) is 3.43. The topological polar surface area (TPSA) is 21.3 Å². The lowest BCUT2D eigenvalue weighted by Gasteiger charge is -2.17. The van der Waals surface area contributed by atoms with Gasteiger partial charge in [-0.3, -0.25) is 0 Å². The van der Waals surface area contributed by atoms with Crippen LogP contribution in [0.5, 0.6) is 5.75 Å². The highest BCUT2D eigenvalue weighted by atomic mass is 16.5. The highest BCUT2D eigenvalue weighted by molar-refractivity contribution is 5.50. The number of hydrogen-bond donors (Lipinski definition) is 1. The van der Waals surface area contributed by atoms with Crippen molar-refractivity contribution in [1.82, 2.24) is 5.32 Å². The summed E-state index contributed by atoms with van der Waals surface area (Å²) in [7, 11) is 1.82. The van der Waals surface area contributed by atoms with E-state index in [0.717, 1.165) is 13.1 Å². The van der Waals surface area contributed by atoms with Gasteiger partial charge in [0.05, 0.1) is 7.11 Å². The first-order valence-corrected chi connectivity index (χ1v) is 6.29. The smallest absolute Gasteiger partial charge is 0.125 e. The van der Waals surface area contributed by atoms with Gasteiger partial charge in [0.1, 0.15) is 5.75 Å². The van der Waals surface area contributed by atoms with Crippen LogP contribution in [0.3, 0.4) is 0 Å². The third kappa shape index (κ3) is 1.52. The summed E-state index contributed by atoms with van der Waals surface area (Å²) in [4.78, 5) is 0. The van der Waals surface area contributed by atoms with E-state index in [1.807, 2.05) is 7.11 Å². The van der Waals surface area contributed by atoms with Gasteiger partial charge in [-0.1, -0.05) is 12.1 Å². The second-order valence-corrected chi connectivity index (χ2v) is 4.87. The van der Waals surface area contributed by atoms with Gasteiger partial charge in [-0.25, -0.2) is 0 Å². The van der Waals surface area contributed by atoms with E-state index in [-0.39, 0.29) is 0 Å². The quantitative estimate of drug-likeness (QED) is 0.820. The van der Waals surface area contributed by atoms with Crippen LogP contribution >= 0.6 is 0 Å². The van der Waals surface area contributed by atoms with E-state index in [2.05, 4.69) is 17.4 Å². The zero-order valence-electron chi connectivity index (χ0n) is 9.88. The number of aryl methyl sites for hydroxylation is 1. The molecule has 0 aromatic heterocycles. The maximum absolute atomic E-state index is 5.67. The summed E-state index contributed by atoms with van der Waals surface area (Å²) in [5.41, 5.74) is 4.41. The zero-order valence-corrected chi connectivity index (χ0v) is 9.88. The van der Waals surface area contributed by atoms with Crippen LogP contribution in [0.4, 0.5) is 0 Å². The molecule has 1 N–H and O–H groups in total. The molecule has 86 valence electrons. The predicted octanol–water partition coefficient (Wildman–Crippen LogP) is 2.26. The van der Waals surface area contributed by atoms with Gasteiger partial charge in [-0.05, 0) is 48.9 Å². The monoisotopic (exact) mass is 217 g/mol. The maximum Gasteiger partial charge on any atom is 0.125 e. The van der Waals surface area contributed by atoms with E-state index in [1.165, 1.54) is 48.1 Å². The van der Waals surface area contributed by atoms with Crippen molar-refractivity contribution in [2.45, 2.75) is 31.6 Å². The van der Waals surface area contributed by atoms with Gasteiger partial charge in [-0.15, -0.1) is 0 Å². The molecule has 1 aliphatic heterocycles. The number of nitrogens with one attached hydrogen (secondary N) is 1. The minimum absolute atomic E-state index is 0.654. The number of hydrogen-bond acceptors (Lipinski definition) is 2. The van der Waals surface area contributed by atoms with Gasteiger partial charge in [0.2, 0.25) is 0 Å². The van der Waals surface area contributed by atoms with Crippen LogP contribution in [-0.4, -0.2) is 20.2 Å². The van der Waals surface area contributed by atoms with Crippen molar-refractivity contribution >= 4 is 0 Å². The van der Waals surface area contributed by atoms with E-state index in [4.69, 9.17) is 4.74 Å². The molecule has 0 radical (unpaired) electrons. The largest absolute Gasteiger partial charge is 0.496 e. The Morgan fingerprint density at radius 1 is 1.31 bits per heavy atom. The molecule has 0 saturated carbocycles. The molecular formula is C14H19NO. The van der Waals surface area contributed by atoms with Crippen LogP contribution in [0.15, 0.2) is 12.1 Å². The number of ether oxygens (including phenoxy) is 1. The summed E-state index contributed by atoms with van der Waals surface area (Å²) in [6.45, 7) is 2.25. The number of rotatable bonds is 2. The highest BCUT2D eigenvalue weighted by Gasteiger charge is 2.24. The molecule has 1 atom stereocenters. The fraction of sp³-hybridized carbons (Fsp3) is 0.571. The normalized spacial score (nSPS) is 23.4. The number of benzene rings is 1. The molecule has 1 fully saturated rings. The summed E-state index contributed by atoms with van der Waals surface area (Å²) in [5.74, 6) is 1.84. The van der Waals surface area contributed by atoms with Crippen LogP contribution in [-0.2, 0) is 12.8 Å². The Morgan fingerprint density at radius 2 is 2.25 bits per heavy atom. The van der Waals surface area contributed by atoms with Crippen molar-refractivity contribution in [2.75, 3.05) is 20.2 Å². The minimum Gasteiger partial charge on any atom is -0.496 e. The van der Waals surface area contributed by atoms with Crippen molar-refractivity contribution in [1.29, 1.82) is 0 Å². The van der Waals surface area contributed by atoms with Crippen molar-refractivity contribution in [2.24, 2.45) is 0 Å². The number of methoxy groups -OCH3 is 1. The fourth-order valence-corrected chi connectivity index (χ4v) is 3.13. The van der Waals surface area contributed by atoms with Crippen LogP contribution in [0.2, 0.25) is 0 Å². The van der Waals surface area contributed by atoms with Crippen molar-refractivity contribution in [3.63, 3.8) is 0 Å². The third-order valence-electron chi connectivity index (χ3n) is 3.97. The summed E-state index contributed by atoms with van der Waals surface area (Å²) >= 11 is 0. The molecule has 3 rings (SSSR count). The molecule has 1 aliphatic carbocycles. The number of fused-ring (bicyclic) bond motifs is 1. The summed E-state index contributed by atoms with van der Waals surface area (Å²) < 4.78 is 5.67. The Morgan fingerprint density at radius 3 is 3.00 bits per heavy atom. The Bertz CT molecular complexity index is 394. The average molecular weight is 217 g/mol. The van der Waals surface area contributed by atoms with Gasteiger partial charge in [0.15, 0.2) is 0 Å². The molecule has 1 heterocycles. The van der Waals surface area contributed by atoms with Crippen molar-refractivity contribution in [3.05, 3.63) is 28.8 Å². The Hall–Kier alpha value is -1.02. The maximum atomic E-state index is 5.67. The lowest BCUT2D eigenvalue weighted by atomic mass is 9.93. The van der Waals surface area contributed by atoms with Crippen LogP contribution in [0.25, 0.3) is 0 Å². The van der Waals surface area contributed by atoms with Crippen molar-refractivity contribution < 1.29 is 4.74 Å². The first-order valence-electron chi connectivity index (χ1n) is 6.29. The average Bonchev–Trinajstić information content (AvgIpc) is 2.97. The molecule has 0 spiro atoms. The van der Waals surface area contributed by atoms with E-state index in [1.54, 1.807) is 0 Å². The minimum atomic E-state index is 0.654. The molecule has 1 saturated heterocycles. The molecule has 16 heavy (non-hydrogen) atoms. The van der Waals surface area contributed by atoms with Gasteiger partial charge in [0.25, 0.3) is 0 Å².